The summed E-state index contributed by atoms with van der Waals surface area (Å²) in [5, 5.41) is 3.93. The minimum atomic E-state index is -0.202. The zero-order chi connectivity index (χ0) is 12.3. The van der Waals surface area contributed by atoms with Crippen LogP contribution in [0.15, 0.2) is 34.3 Å². The van der Waals surface area contributed by atoms with Gasteiger partial charge in [-0.25, -0.2) is 9.97 Å². The van der Waals surface area contributed by atoms with Crippen molar-refractivity contribution in [3.8, 4) is 0 Å². The number of thioether (sulfide) groups is 1. The maximum Gasteiger partial charge on any atom is 0.253 e. The molecule has 0 saturated heterocycles. The fourth-order valence-electron chi connectivity index (χ4n) is 1.22. The van der Waals surface area contributed by atoms with Crippen LogP contribution >= 0.6 is 23.4 Å². The van der Waals surface area contributed by atoms with Crippen LogP contribution in [0.25, 0.3) is 0 Å². The maximum absolute atomic E-state index is 11.3. The van der Waals surface area contributed by atoms with Crippen molar-refractivity contribution in [2.24, 2.45) is 0 Å². The second-order valence-electron chi connectivity index (χ2n) is 3.13. The van der Waals surface area contributed by atoms with Gasteiger partial charge in [0.25, 0.3) is 5.56 Å². The summed E-state index contributed by atoms with van der Waals surface area (Å²) in [5.41, 5.74) is 0.530. The molecule has 2 aromatic rings. The number of H-pyrrole nitrogens is 1. The quantitative estimate of drug-likeness (QED) is 0.508. The lowest BCUT2D eigenvalue weighted by Crippen LogP contribution is -2.09. The number of pyridine rings is 1. The number of anilines is 2. The highest BCUT2D eigenvalue weighted by Crippen LogP contribution is 2.17. The predicted octanol–water partition coefficient (Wildman–Crippen LogP) is 2.28. The Bertz CT molecular complexity index is 587. The fraction of sp³-hybridized carbons (Fsp3) is 0.100. The predicted molar refractivity (Wildman–Crippen MR) is 69.2 cm³/mol. The minimum absolute atomic E-state index is 0.202. The van der Waals surface area contributed by atoms with Crippen molar-refractivity contribution < 1.29 is 0 Å². The van der Waals surface area contributed by atoms with Crippen LogP contribution in [0.5, 0.6) is 0 Å². The molecule has 2 aromatic heterocycles. The van der Waals surface area contributed by atoms with Gasteiger partial charge in [-0.1, -0.05) is 23.4 Å². The Morgan fingerprint density at radius 1 is 1.47 bits per heavy atom. The van der Waals surface area contributed by atoms with Crippen molar-refractivity contribution >= 4 is 34.9 Å². The average Bonchev–Trinajstić information content (AvgIpc) is 2.28. The lowest BCUT2D eigenvalue weighted by atomic mass is 10.4. The molecule has 0 bridgehead atoms. The zero-order valence-electron chi connectivity index (χ0n) is 8.90. The van der Waals surface area contributed by atoms with E-state index in [1.54, 1.807) is 18.3 Å². The van der Waals surface area contributed by atoms with Crippen molar-refractivity contribution in [3.63, 3.8) is 0 Å². The first kappa shape index (κ1) is 11.9. The van der Waals surface area contributed by atoms with Crippen molar-refractivity contribution in [2.75, 3.05) is 11.6 Å². The molecule has 7 heteroatoms. The van der Waals surface area contributed by atoms with Crippen LogP contribution in [-0.4, -0.2) is 21.2 Å². The van der Waals surface area contributed by atoms with Crippen molar-refractivity contribution in [3.05, 3.63) is 39.9 Å². The Balaban J connectivity index is 2.29. The summed E-state index contributed by atoms with van der Waals surface area (Å²) in [7, 11) is 0. The van der Waals surface area contributed by atoms with Crippen molar-refractivity contribution in [1.29, 1.82) is 0 Å². The Labute approximate surface area is 107 Å². The molecule has 88 valence electrons. The van der Waals surface area contributed by atoms with E-state index >= 15 is 0 Å². The first-order chi connectivity index (χ1) is 8.17. The normalized spacial score (nSPS) is 10.2. The average molecular weight is 269 g/mol. The molecule has 0 unspecified atom stereocenters. The highest BCUT2D eigenvalue weighted by Gasteiger charge is 2.01. The summed E-state index contributed by atoms with van der Waals surface area (Å²) in [4.78, 5) is 22.0. The molecule has 0 amide bonds. The third-order valence-electron chi connectivity index (χ3n) is 1.91. The molecule has 0 atom stereocenters. The molecule has 0 spiro atoms. The summed E-state index contributed by atoms with van der Waals surface area (Å²) in [5.74, 6) is 0.473. The number of rotatable bonds is 3. The van der Waals surface area contributed by atoms with Crippen LogP contribution in [-0.2, 0) is 0 Å². The lowest BCUT2D eigenvalue weighted by molar-refractivity contribution is 0.945. The zero-order valence-corrected chi connectivity index (χ0v) is 10.5. The summed E-state index contributed by atoms with van der Waals surface area (Å²) >= 11 is 7.12. The van der Waals surface area contributed by atoms with Gasteiger partial charge in [-0.3, -0.25) is 4.79 Å². The van der Waals surface area contributed by atoms with E-state index in [1.165, 1.54) is 17.8 Å². The van der Waals surface area contributed by atoms with Gasteiger partial charge < -0.3 is 10.3 Å². The van der Waals surface area contributed by atoms with Gasteiger partial charge in [0, 0.05) is 18.0 Å². The van der Waals surface area contributed by atoms with E-state index in [0.717, 1.165) is 5.69 Å². The highest BCUT2D eigenvalue weighted by atomic mass is 35.5. The molecule has 2 N–H and O–H groups in total. The molecule has 2 rings (SSSR count). The number of nitrogens with zero attached hydrogens (tertiary/aromatic N) is 2. The van der Waals surface area contributed by atoms with Gasteiger partial charge in [0.2, 0.25) is 0 Å². The van der Waals surface area contributed by atoms with Crippen LogP contribution in [0.1, 0.15) is 0 Å². The summed E-state index contributed by atoms with van der Waals surface area (Å²) in [6, 6.07) is 4.78. The third kappa shape index (κ3) is 3.21. The number of halogens is 1. The van der Waals surface area contributed by atoms with Crippen LogP contribution in [0.4, 0.5) is 11.5 Å². The minimum Gasteiger partial charge on any atom is -0.340 e. The van der Waals surface area contributed by atoms with E-state index in [4.69, 9.17) is 11.6 Å². The molecule has 5 nitrogen and oxygen atoms in total. The van der Waals surface area contributed by atoms with Crippen LogP contribution in [0, 0.1) is 0 Å². The topological polar surface area (TPSA) is 70.7 Å². The SMILES string of the molecule is CSc1nc(Nc2ccnc(Cl)c2)cc(=O)[nH]1. The maximum atomic E-state index is 11.3. The standard InChI is InChI=1S/C10H9ClN4OS/c1-17-10-14-8(5-9(16)15-10)13-6-2-3-12-7(11)4-6/h2-5H,1H3,(H2,12,13,14,15,16). The van der Waals surface area contributed by atoms with Gasteiger partial charge in [-0.05, 0) is 18.4 Å². The second kappa shape index (κ2) is 5.20. The van der Waals surface area contributed by atoms with Gasteiger partial charge in [-0.15, -0.1) is 0 Å². The Hall–Kier alpha value is -1.53. The third-order valence-corrected chi connectivity index (χ3v) is 2.70. The number of aromatic nitrogens is 3. The molecule has 0 aliphatic heterocycles. The molecule has 0 fully saturated rings. The smallest absolute Gasteiger partial charge is 0.253 e. The molecular formula is C10H9ClN4OS. The van der Waals surface area contributed by atoms with Crippen LogP contribution in [0.3, 0.4) is 0 Å². The first-order valence-electron chi connectivity index (χ1n) is 4.71. The summed E-state index contributed by atoms with van der Waals surface area (Å²) in [6.07, 6.45) is 3.42. The molecular weight excluding hydrogens is 260 g/mol. The molecule has 0 aliphatic rings. The van der Waals surface area contributed by atoms with Crippen LogP contribution in [0.2, 0.25) is 5.15 Å². The van der Waals surface area contributed by atoms with Gasteiger partial charge in [0.1, 0.15) is 11.0 Å². The number of aromatic amines is 1. The molecule has 2 heterocycles. The van der Waals surface area contributed by atoms with E-state index in [-0.39, 0.29) is 5.56 Å². The van der Waals surface area contributed by atoms with E-state index in [0.29, 0.717) is 16.1 Å². The summed E-state index contributed by atoms with van der Waals surface area (Å²) in [6.45, 7) is 0. The Morgan fingerprint density at radius 3 is 3.00 bits per heavy atom. The fourth-order valence-corrected chi connectivity index (χ4v) is 1.79. The molecule has 0 aliphatic carbocycles. The van der Waals surface area contributed by atoms with Gasteiger partial charge in [-0.2, -0.15) is 0 Å². The first-order valence-corrected chi connectivity index (χ1v) is 6.31. The second-order valence-corrected chi connectivity index (χ2v) is 4.31. The number of hydrogen-bond donors (Lipinski definition) is 2. The van der Waals surface area contributed by atoms with Gasteiger partial charge in [0.05, 0.1) is 0 Å². The monoisotopic (exact) mass is 268 g/mol. The van der Waals surface area contributed by atoms with Gasteiger partial charge >= 0.3 is 0 Å². The van der Waals surface area contributed by atoms with Gasteiger partial charge in [0.15, 0.2) is 5.16 Å². The number of hydrogen-bond acceptors (Lipinski definition) is 5. The van der Waals surface area contributed by atoms with Crippen molar-refractivity contribution in [2.45, 2.75) is 5.16 Å². The Morgan fingerprint density at radius 2 is 2.29 bits per heavy atom. The Kier molecular flexibility index (Phi) is 3.65. The lowest BCUT2D eigenvalue weighted by Gasteiger charge is -2.05. The van der Waals surface area contributed by atoms with E-state index in [2.05, 4.69) is 20.3 Å². The molecule has 17 heavy (non-hydrogen) atoms. The van der Waals surface area contributed by atoms with E-state index < -0.39 is 0 Å². The summed E-state index contributed by atoms with van der Waals surface area (Å²) < 4.78 is 0. The molecule has 0 saturated carbocycles. The largest absolute Gasteiger partial charge is 0.340 e. The molecule has 0 aromatic carbocycles. The van der Waals surface area contributed by atoms with Crippen LogP contribution < -0.4 is 10.9 Å². The number of nitrogens with one attached hydrogen (secondary N) is 2. The van der Waals surface area contributed by atoms with E-state index in [1.807, 2.05) is 6.26 Å². The molecule has 0 radical (unpaired) electrons. The highest BCUT2D eigenvalue weighted by molar-refractivity contribution is 7.98. The van der Waals surface area contributed by atoms with E-state index in [9.17, 15) is 4.79 Å². The van der Waals surface area contributed by atoms with Crippen molar-refractivity contribution in [1.82, 2.24) is 15.0 Å².